The third kappa shape index (κ3) is 1.28. The van der Waals surface area contributed by atoms with Crippen molar-refractivity contribution >= 4 is 29.5 Å². The lowest BCUT2D eigenvalue weighted by molar-refractivity contribution is -0.345. The standard InChI is InChI=1S/C9H9N5/c1-10-8-7-6(4-3-5-12-7)13-9(11-2)14-8/h3-5H,1H2,2H3,(H,11,13,14)/p+1. The van der Waals surface area contributed by atoms with Crippen molar-refractivity contribution in [3.05, 3.63) is 18.3 Å². The van der Waals surface area contributed by atoms with E-state index in [-0.39, 0.29) is 0 Å². The Bertz CT molecular complexity index is 480. The zero-order valence-corrected chi connectivity index (χ0v) is 7.78. The van der Waals surface area contributed by atoms with Crippen LogP contribution < -0.4 is 10.3 Å². The summed E-state index contributed by atoms with van der Waals surface area (Å²) in [5, 5.41) is 2.88. The average molecular weight is 188 g/mol. The van der Waals surface area contributed by atoms with Crippen LogP contribution in [-0.4, -0.2) is 28.7 Å². The Balaban J connectivity index is 2.79. The van der Waals surface area contributed by atoms with Crippen molar-refractivity contribution in [2.75, 3.05) is 12.4 Å². The third-order valence-corrected chi connectivity index (χ3v) is 1.85. The molecule has 0 fully saturated rings. The summed E-state index contributed by atoms with van der Waals surface area (Å²) in [4.78, 5) is 15.3. The second kappa shape index (κ2) is 3.37. The molecule has 0 amide bonds. The number of aromatic nitrogens is 3. The molecule has 2 N–H and O–H groups in total. The van der Waals surface area contributed by atoms with Gasteiger partial charge in [-0.1, -0.05) is 0 Å². The van der Waals surface area contributed by atoms with Crippen molar-refractivity contribution in [3.63, 3.8) is 0 Å². The second-order valence-electron chi connectivity index (χ2n) is 2.69. The molecule has 0 aliphatic heterocycles. The van der Waals surface area contributed by atoms with E-state index in [1.165, 1.54) is 0 Å². The van der Waals surface area contributed by atoms with Gasteiger partial charge in [-0.25, -0.2) is 9.98 Å². The highest BCUT2D eigenvalue weighted by Crippen LogP contribution is 2.14. The number of hydrogen-bond donors (Lipinski definition) is 2. The maximum absolute atomic E-state index is 4.25. The van der Waals surface area contributed by atoms with Crippen LogP contribution in [0.5, 0.6) is 0 Å². The van der Waals surface area contributed by atoms with Crippen LogP contribution in [0, 0.1) is 0 Å². The molecule has 0 aliphatic carbocycles. The summed E-state index contributed by atoms with van der Waals surface area (Å²) in [6, 6.07) is 3.72. The van der Waals surface area contributed by atoms with Gasteiger partial charge in [-0.2, -0.15) is 4.98 Å². The number of anilines is 1. The Morgan fingerprint density at radius 1 is 1.43 bits per heavy atom. The first kappa shape index (κ1) is 8.55. The summed E-state index contributed by atoms with van der Waals surface area (Å²) < 4.78 is 0. The molecule has 2 heterocycles. The van der Waals surface area contributed by atoms with Gasteiger partial charge in [0.2, 0.25) is 0 Å². The molecule has 0 bridgehead atoms. The summed E-state index contributed by atoms with van der Waals surface area (Å²) in [7, 11) is 1.77. The smallest absolute Gasteiger partial charge is 0.336 e. The maximum Gasteiger partial charge on any atom is 0.352 e. The SMILES string of the molecule is C=[NH+]c1nc(NC)nc2cccnc12. The van der Waals surface area contributed by atoms with Gasteiger partial charge in [-0.3, -0.25) is 0 Å². The lowest BCUT2D eigenvalue weighted by Gasteiger charge is -1.96. The van der Waals surface area contributed by atoms with Crippen LogP contribution in [0.15, 0.2) is 18.3 Å². The van der Waals surface area contributed by atoms with Gasteiger partial charge in [0.25, 0.3) is 0 Å². The predicted molar refractivity (Wildman–Crippen MR) is 54.6 cm³/mol. The molecule has 5 heteroatoms. The van der Waals surface area contributed by atoms with Crippen LogP contribution in [0.25, 0.3) is 11.0 Å². The molecule has 0 aromatic carbocycles. The van der Waals surface area contributed by atoms with E-state index in [0.717, 1.165) is 11.0 Å². The van der Waals surface area contributed by atoms with Crippen molar-refractivity contribution in [3.8, 4) is 0 Å². The molecule has 0 saturated carbocycles. The molecule has 0 saturated heterocycles. The maximum atomic E-state index is 4.25. The molecule has 0 aliphatic rings. The van der Waals surface area contributed by atoms with Gasteiger partial charge in [-0.05, 0) is 12.1 Å². The molecule has 70 valence electrons. The average Bonchev–Trinajstić information content (AvgIpc) is 2.27. The highest BCUT2D eigenvalue weighted by atomic mass is 15.1. The first-order chi connectivity index (χ1) is 6.85. The van der Waals surface area contributed by atoms with Crippen molar-refractivity contribution < 1.29 is 4.99 Å². The summed E-state index contributed by atoms with van der Waals surface area (Å²) in [6.07, 6.45) is 1.70. The molecule has 2 aromatic rings. The van der Waals surface area contributed by atoms with Gasteiger partial charge in [0.05, 0.1) is 6.72 Å². The molecule has 0 atom stereocenters. The quantitative estimate of drug-likeness (QED) is 0.622. The van der Waals surface area contributed by atoms with E-state index in [4.69, 9.17) is 0 Å². The highest BCUT2D eigenvalue weighted by Gasteiger charge is 2.12. The lowest BCUT2D eigenvalue weighted by Crippen LogP contribution is -2.58. The van der Waals surface area contributed by atoms with Crippen molar-refractivity contribution in [1.29, 1.82) is 0 Å². The lowest BCUT2D eigenvalue weighted by atomic mass is 10.3. The fourth-order valence-electron chi connectivity index (χ4n) is 1.20. The second-order valence-corrected chi connectivity index (χ2v) is 2.69. The highest BCUT2D eigenvalue weighted by molar-refractivity contribution is 5.82. The fraction of sp³-hybridized carbons (Fsp3) is 0.111. The zero-order chi connectivity index (χ0) is 9.97. The number of hydrogen-bond acceptors (Lipinski definition) is 4. The summed E-state index contributed by atoms with van der Waals surface area (Å²) >= 11 is 0. The number of pyridine rings is 1. The fourth-order valence-corrected chi connectivity index (χ4v) is 1.20. The number of nitrogens with one attached hydrogen (secondary N) is 2. The molecule has 2 rings (SSSR count). The predicted octanol–water partition coefficient (Wildman–Crippen LogP) is -0.521. The molecule has 0 unspecified atom stereocenters. The van der Waals surface area contributed by atoms with Crippen LogP contribution in [0.1, 0.15) is 0 Å². The van der Waals surface area contributed by atoms with Gasteiger partial charge in [0.1, 0.15) is 5.52 Å². The minimum atomic E-state index is 0.552. The Labute approximate surface area is 80.9 Å². The minimum Gasteiger partial charge on any atom is -0.336 e. The largest absolute Gasteiger partial charge is 0.352 e. The summed E-state index contributed by atoms with van der Waals surface area (Å²) in [5.41, 5.74) is 1.51. The van der Waals surface area contributed by atoms with E-state index in [0.29, 0.717) is 11.8 Å². The van der Waals surface area contributed by atoms with E-state index in [9.17, 15) is 0 Å². The Kier molecular flexibility index (Phi) is 2.06. The van der Waals surface area contributed by atoms with E-state index in [1.54, 1.807) is 13.2 Å². The number of fused-ring (bicyclic) bond motifs is 1. The van der Waals surface area contributed by atoms with Crippen LogP contribution in [-0.2, 0) is 0 Å². The van der Waals surface area contributed by atoms with Crippen LogP contribution >= 0.6 is 0 Å². The Hall–Kier alpha value is -2.04. The van der Waals surface area contributed by atoms with Gasteiger partial charge >= 0.3 is 11.8 Å². The molecule has 2 aromatic heterocycles. The number of rotatable bonds is 2. The van der Waals surface area contributed by atoms with Gasteiger partial charge < -0.3 is 5.32 Å². The normalized spacial score (nSPS) is 10.1. The first-order valence-electron chi connectivity index (χ1n) is 4.19. The molecule has 5 nitrogen and oxygen atoms in total. The van der Waals surface area contributed by atoms with Gasteiger partial charge in [-0.15, -0.1) is 0 Å². The van der Waals surface area contributed by atoms with Crippen LogP contribution in [0.4, 0.5) is 11.8 Å². The van der Waals surface area contributed by atoms with Gasteiger partial charge in [0.15, 0.2) is 5.52 Å². The third-order valence-electron chi connectivity index (χ3n) is 1.85. The molecular formula is C9H10N5+. The Morgan fingerprint density at radius 2 is 2.29 bits per heavy atom. The minimum absolute atomic E-state index is 0.552. The molecular weight excluding hydrogens is 178 g/mol. The van der Waals surface area contributed by atoms with Crippen molar-refractivity contribution in [2.24, 2.45) is 0 Å². The van der Waals surface area contributed by atoms with E-state index >= 15 is 0 Å². The monoisotopic (exact) mass is 188 g/mol. The summed E-state index contributed by atoms with van der Waals surface area (Å²) in [6.45, 7) is 3.57. The molecule has 0 radical (unpaired) electrons. The topological polar surface area (TPSA) is 64.7 Å². The number of nitrogens with zero attached hydrogens (tertiary/aromatic N) is 3. The molecule has 0 spiro atoms. The Morgan fingerprint density at radius 3 is 3.00 bits per heavy atom. The van der Waals surface area contributed by atoms with E-state index in [2.05, 4.69) is 32.0 Å². The van der Waals surface area contributed by atoms with Crippen molar-refractivity contribution in [2.45, 2.75) is 0 Å². The van der Waals surface area contributed by atoms with Crippen LogP contribution in [0.2, 0.25) is 0 Å². The van der Waals surface area contributed by atoms with Gasteiger partial charge in [0, 0.05) is 18.2 Å². The zero-order valence-electron chi connectivity index (χ0n) is 7.78. The first-order valence-corrected chi connectivity index (χ1v) is 4.19. The summed E-state index contributed by atoms with van der Waals surface area (Å²) in [5.74, 6) is 1.18. The van der Waals surface area contributed by atoms with E-state index < -0.39 is 0 Å². The van der Waals surface area contributed by atoms with Crippen LogP contribution in [0.3, 0.4) is 0 Å². The van der Waals surface area contributed by atoms with E-state index in [1.807, 2.05) is 12.1 Å². The molecule has 14 heavy (non-hydrogen) atoms. The van der Waals surface area contributed by atoms with Crippen molar-refractivity contribution in [1.82, 2.24) is 15.0 Å².